The molecule has 0 heterocycles. The summed E-state index contributed by atoms with van der Waals surface area (Å²) in [5.41, 5.74) is 0. The van der Waals surface area contributed by atoms with Crippen molar-refractivity contribution in [3.63, 3.8) is 0 Å². The maximum atomic E-state index is 3.55. The molecule has 0 saturated heterocycles. The fraction of sp³-hybridized carbons (Fsp3) is 1.00. The molecule has 0 saturated carbocycles. The van der Waals surface area contributed by atoms with Crippen LogP contribution in [0, 0.1) is 0 Å². The van der Waals surface area contributed by atoms with Crippen LogP contribution in [0.2, 0.25) is 8.35 Å². The van der Waals surface area contributed by atoms with E-state index in [4.69, 9.17) is 0 Å². The van der Waals surface area contributed by atoms with E-state index < -0.39 is 0 Å². The molecule has 0 atom stereocenters. The van der Waals surface area contributed by atoms with Gasteiger partial charge in [-0.15, -0.1) is 0 Å². The molecule has 52 valence electrons. The quantitative estimate of drug-likeness (QED) is 0.386. The van der Waals surface area contributed by atoms with Crippen molar-refractivity contribution in [1.29, 1.82) is 0 Å². The Balaban J connectivity index is -0.000000105. The van der Waals surface area contributed by atoms with Crippen LogP contribution in [0.3, 0.4) is 0 Å². The standard InChI is InChI=1S/C2H4.4BrH.4In/c1-2;;;;;;;;/h1-2H2;4*1H;;;;/q;;;;;4*+1/p-4. The topological polar surface area (TPSA) is 0 Å². The Kier molecular flexibility index (Phi) is 60.8. The fourth-order valence-corrected chi connectivity index (χ4v) is 29.5. The summed E-state index contributed by atoms with van der Waals surface area (Å²) in [4.78, 5) is 0. The van der Waals surface area contributed by atoms with Crippen molar-refractivity contribution in [2.24, 2.45) is 0 Å². The van der Waals surface area contributed by atoms with Crippen molar-refractivity contribution in [3.05, 3.63) is 0 Å². The van der Waals surface area contributed by atoms with Crippen LogP contribution in [0.4, 0.5) is 0 Å². The molecule has 0 nitrogen and oxygen atoms in total. The van der Waals surface area contributed by atoms with Crippen LogP contribution in [0.15, 0.2) is 0 Å². The normalized spacial score (nSPS) is 5.60. The molecule has 0 N–H and O–H groups in total. The van der Waals surface area contributed by atoms with Gasteiger partial charge in [0.15, 0.2) is 0 Å². The third-order valence-corrected chi connectivity index (χ3v) is 15.1. The maximum absolute atomic E-state index is 3.55. The number of halogens is 4. The molecule has 0 aromatic rings. The Morgan fingerprint density at radius 1 is 0.800 bits per heavy atom. The third-order valence-electron chi connectivity index (χ3n) is 0.385. The molecule has 0 aliphatic rings. The molecule has 0 aromatic heterocycles. The van der Waals surface area contributed by atoms with Gasteiger partial charge < -0.3 is 0 Å². The van der Waals surface area contributed by atoms with Gasteiger partial charge >= 0.3 is 143 Å². The Hall–Kier alpha value is 5.40. The van der Waals surface area contributed by atoms with E-state index in [1.807, 2.05) is 0 Å². The van der Waals surface area contributed by atoms with Crippen LogP contribution in [0.1, 0.15) is 0 Å². The van der Waals surface area contributed by atoms with Gasteiger partial charge in [0.2, 0.25) is 0 Å². The van der Waals surface area contributed by atoms with Gasteiger partial charge in [-0.3, -0.25) is 0 Å². The summed E-state index contributed by atoms with van der Waals surface area (Å²) in [6.07, 6.45) is 0. The summed E-state index contributed by atoms with van der Waals surface area (Å²) in [5.74, 6) is 0. The number of hydrogen-bond acceptors (Lipinski definition) is 0. The minimum atomic E-state index is -0.117. The van der Waals surface area contributed by atoms with Gasteiger partial charge in [0.1, 0.15) is 0 Å². The molecule has 6 radical (unpaired) electrons. The summed E-state index contributed by atoms with van der Waals surface area (Å²) in [6.45, 7) is 0. The molecule has 10 heavy (non-hydrogen) atoms. The van der Waals surface area contributed by atoms with Crippen molar-refractivity contribution >= 4 is 134 Å². The SMILES string of the molecule is [Br][In].[Br][In].[Br][In][CH2][CH2][In][Br]. The predicted octanol–water partition coefficient (Wildman–Crippen LogP) is 2.78. The van der Waals surface area contributed by atoms with Crippen molar-refractivity contribution in [3.8, 4) is 0 Å². The van der Waals surface area contributed by atoms with Crippen molar-refractivity contribution < 1.29 is 0 Å². The van der Waals surface area contributed by atoms with E-state index in [9.17, 15) is 0 Å². The Labute approximate surface area is 138 Å². The second-order valence-electron chi connectivity index (χ2n) is 0.886. The first-order valence-electron chi connectivity index (χ1n) is 2.19. The zero-order chi connectivity index (χ0) is 8.83. The number of rotatable bonds is 3. The first kappa shape index (κ1) is 20.8. The third kappa shape index (κ3) is 29.2. The minimum absolute atomic E-state index is 0.117. The fourth-order valence-electron chi connectivity index (χ4n) is 0.126. The average Bonchev–Trinajstić information content (AvgIpc) is 2.08. The molecule has 0 aromatic carbocycles. The molecule has 0 bridgehead atoms. The second-order valence-corrected chi connectivity index (χ2v) is 14.6. The van der Waals surface area contributed by atoms with E-state index in [0.717, 1.165) is 44.1 Å². The van der Waals surface area contributed by atoms with Crippen molar-refractivity contribution in [1.82, 2.24) is 0 Å². The van der Waals surface area contributed by atoms with Crippen LogP contribution in [-0.2, 0) is 0 Å². The van der Waals surface area contributed by atoms with Crippen molar-refractivity contribution in [2.45, 2.75) is 8.35 Å². The molecular weight excluding hydrogens is 803 g/mol. The Morgan fingerprint density at radius 2 is 1.00 bits per heavy atom. The van der Waals surface area contributed by atoms with Gasteiger partial charge in [-0.25, -0.2) is 0 Å². The van der Waals surface area contributed by atoms with Gasteiger partial charge in [0.25, 0.3) is 0 Å². The van der Waals surface area contributed by atoms with Gasteiger partial charge in [-0.05, 0) is 0 Å². The van der Waals surface area contributed by atoms with Gasteiger partial charge in [-0.1, -0.05) is 0 Å². The molecule has 0 aliphatic heterocycles. The van der Waals surface area contributed by atoms with Crippen LogP contribution in [-0.4, -0.2) is 85.2 Å². The van der Waals surface area contributed by atoms with E-state index in [-0.39, 0.29) is 41.2 Å². The van der Waals surface area contributed by atoms with E-state index in [1.54, 1.807) is 8.35 Å². The Bertz CT molecular complexity index is 27.2. The summed E-state index contributed by atoms with van der Waals surface area (Å²) in [7, 11) is 0. The van der Waals surface area contributed by atoms with Gasteiger partial charge in [0, 0.05) is 0 Å². The van der Waals surface area contributed by atoms with E-state index in [1.165, 1.54) is 0 Å². The first-order valence-corrected chi connectivity index (χ1v) is 36.4. The van der Waals surface area contributed by atoms with E-state index in [0.29, 0.717) is 0 Å². The summed E-state index contributed by atoms with van der Waals surface area (Å²) in [6, 6.07) is 0. The zero-order valence-corrected chi connectivity index (χ0v) is 24.8. The monoisotopic (exact) mass is 803 g/mol. The predicted molar refractivity (Wildman–Crippen MR) is 68.3 cm³/mol. The average molecular weight is 807 g/mol. The second kappa shape index (κ2) is 29.3. The summed E-state index contributed by atoms with van der Waals surface area (Å²) < 4.78 is 3.11. The molecule has 0 aliphatic carbocycles. The van der Waals surface area contributed by atoms with Crippen LogP contribution >= 0.6 is 49.2 Å². The van der Waals surface area contributed by atoms with Crippen LogP contribution in [0.25, 0.3) is 0 Å². The summed E-state index contributed by atoms with van der Waals surface area (Å²) in [5, 5.41) is 0. The first-order chi connectivity index (χ1) is 4.91. The van der Waals surface area contributed by atoms with Crippen molar-refractivity contribution in [2.75, 3.05) is 0 Å². The van der Waals surface area contributed by atoms with Crippen LogP contribution < -0.4 is 0 Å². The number of hydrogen-bond donors (Lipinski definition) is 0. The zero-order valence-electron chi connectivity index (χ0n) is 5.24. The molecule has 0 rings (SSSR count). The molecule has 8 heteroatoms. The van der Waals surface area contributed by atoms with Gasteiger partial charge in [-0.2, -0.15) is 0 Å². The summed E-state index contributed by atoms with van der Waals surface area (Å²) >= 11 is 15.3. The molecule has 0 spiro atoms. The molecule has 0 unspecified atom stereocenters. The van der Waals surface area contributed by atoms with Gasteiger partial charge in [0.05, 0.1) is 0 Å². The molecular formula is C2H4Br4In4. The van der Waals surface area contributed by atoms with E-state index in [2.05, 4.69) is 49.2 Å². The Morgan fingerprint density at radius 3 is 1.10 bits per heavy atom. The van der Waals surface area contributed by atoms with E-state index >= 15 is 0 Å². The molecule has 0 fully saturated rings. The van der Waals surface area contributed by atoms with Crippen LogP contribution in [0.5, 0.6) is 0 Å². The molecule has 0 amide bonds.